The van der Waals surface area contributed by atoms with Gasteiger partial charge < -0.3 is 9.52 Å². The van der Waals surface area contributed by atoms with Crippen LogP contribution in [0.5, 0.6) is 0 Å². The molecule has 1 aromatic carbocycles. The van der Waals surface area contributed by atoms with Crippen molar-refractivity contribution in [3.05, 3.63) is 36.1 Å². The number of alkyl halides is 3. The lowest BCUT2D eigenvalue weighted by molar-refractivity contribution is -0.303. The molecule has 1 aliphatic heterocycles. The van der Waals surface area contributed by atoms with Crippen molar-refractivity contribution in [3.63, 3.8) is 0 Å². The van der Waals surface area contributed by atoms with E-state index in [1.54, 1.807) is 24.3 Å². The van der Waals surface area contributed by atoms with Gasteiger partial charge in [-0.05, 0) is 6.07 Å². The molecule has 0 bridgehead atoms. The Balaban J connectivity index is 2.03. The SMILES string of the molecule is CN1N=C(c2coc3ccccc23)C[C@]1(O)C(F)(F)F. The van der Waals surface area contributed by atoms with Gasteiger partial charge in [0.1, 0.15) is 11.8 Å². The Morgan fingerprint density at radius 2 is 2.05 bits per heavy atom. The fourth-order valence-electron chi connectivity index (χ4n) is 2.28. The fraction of sp³-hybridized carbons (Fsp3) is 0.308. The summed E-state index contributed by atoms with van der Waals surface area (Å²) >= 11 is 0. The molecule has 2 heterocycles. The molecule has 1 N–H and O–H groups in total. The molecular formula is C13H11F3N2O2. The topological polar surface area (TPSA) is 49.0 Å². The quantitative estimate of drug-likeness (QED) is 0.876. The van der Waals surface area contributed by atoms with E-state index in [2.05, 4.69) is 5.10 Å². The molecule has 0 aliphatic carbocycles. The van der Waals surface area contributed by atoms with Crippen LogP contribution in [0.1, 0.15) is 12.0 Å². The zero-order chi connectivity index (χ0) is 14.5. The van der Waals surface area contributed by atoms with Gasteiger partial charge in [-0.25, -0.2) is 0 Å². The Bertz CT molecular complexity index is 692. The summed E-state index contributed by atoms with van der Waals surface area (Å²) in [5.41, 5.74) is -1.79. The molecule has 1 aliphatic rings. The highest BCUT2D eigenvalue weighted by molar-refractivity contribution is 6.11. The summed E-state index contributed by atoms with van der Waals surface area (Å²) in [5.74, 6) is 0. The molecule has 7 heteroatoms. The van der Waals surface area contributed by atoms with Crippen molar-refractivity contribution >= 4 is 16.7 Å². The molecule has 106 valence electrons. The number of nitrogens with zero attached hydrogens (tertiary/aromatic N) is 2. The molecule has 20 heavy (non-hydrogen) atoms. The second-order valence-electron chi connectivity index (χ2n) is 4.71. The van der Waals surface area contributed by atoms with Gasteiger partial charge in [0.05, 0.1) is 12.1 Å². The minimum Gasteiger partial charge on any atom is -0.464 e. The monoisotopic (exact) mass is 284 g/mol. The number of para-hydroxylation sites is 1. The number of aliphatic hydroxyl groups is 1. The second kappa shape index (κ2) is 3.99. The van der Waals surface area contributed by atoms with E-state index < -0.39 is 18.3 Å². The van der Waals surface area contributed by atoms with Gasteiger partial charge in [0.2, 0.25) is 0 Å². The van der Waals surface area contributed by atoms with E-state index in [4.69, 9.17) is 4.42 Å². The molecule has 0 saturated heterocycles. The minimum absolute atomic E-state index is 0.150. The molecule has 0 fully saturated rings. The summed E-state index contributed by atoms with van der Waals surface area (Å²) in [4.78, 5) is 0. The van der Waals surface area contributed by atoms with Gasteiger partial charge in [0, 0.05) is 18.0 Å². The van der Waals surface area contributed by atoms with Crippen LogP contribution in [0.4, 0.5) is 13.2 Å². The molecule has 3 rings (SSSR count). The summed E-state index contributed by atoms with van der Waals surface area (Å²) in [6, 6.07) is 6.98. The van der Waals surface area contributed by atoms with Gasteiger partial charge in [-0.1, -0.05) is 18.2 Å². The number of benzene rings is 1. The maximum absolute atomic E-state index is 12.9. The maximum Gasteiger partial charge on any atom is 0.438 e. The number of hydrogen-bond donors (Lipinski definition) is 1. The molecular weight excluding hydrogens is 273 g/mol. The van der Waals surface area contributed by atoms with Crippen molar-refractivity contribution in [1.29, 1.82) is 0 Å². The Morgan fingerprint density at radius 3 is 2.70 bits per heavy atom. The van der Waals surface area contributed by atoms with Crippen LogP contribution in [0.25, 0.3) is 11.0 Å². The lowest BCUT2D eigenvalue weighted by Gasteiger charge is -2.31. The van der Waals surface area contributed by atoms with E-state index in [1.807, 2.05) is 0 Å². The smallest absolute Gasteiger partial charge is 0.438 e. The lowest BCUT2D eigenvalue weighted by Crippen LogP contribution is -2.53. The average molecular weight is 284 g/mol. The predicted molar refractivity (Wildman–Crippen MR) is 66.1 cm³/mol. The summed E-state index contributed by atoms with van der Waals surface area (Å²) < 4.78 is 44.1. The molecule has 4 nitrogen and oxygen atoms in total. The molecule has 2 aromatic rings. The normalized spacial score (nSPS) is 23.4. The van der Waals surface area contributed by atoms with E-state index in [9.17, 15) is 18.3 Å². The van der Waals surface area contributed by atoms with Crippen molar-refractivity contribution in [2.24, 2.45) is 5.10 Å². The van der Waals surface area contributed by atoms with Crippen LogP contribution >= 0.6 is 0 Å². The molecule has 0 unspecified atom stereocenters. The first kappa shape index (κ1) is 13.0. The van der Waals surface area contributed by atoms with Crippen LogP contribution in [-0.4, -0.2) is 34.8 Å². The number of rotatable bonds is 1. The van der Waals surface area contributed by atoms with Gasteiger partial charge in [0.25, 0.3) is 5.72 Å². The largest absolute Gasteiger partial charge is 0.464 e. The van der Waals surface area contributed by atoms with Crippen LogP contribution in [0.3, 0.4) is 0 Å². The first-order chi connectivity index (χ1) is 9.33. The first-order valence-corrected chi connectivity index (χ1v) is 5.90. The van der Waals surface area contributed by atoms with Crippen molar-refractivity contribution in [2.75, 3.05) is 7.05 Å². The van der Waals surface area contributed by atoms with Gasteiger partial charge in [0.15, 0.2) is 0 Å². The third kappa shape index (κ3) is 1.70. The molecule has 1 atom stereocenters. The van der Waals surface area contributed by atoms with Gasteiger partial charge in [-0.3, -0.25) is 5.01 Å². The van der Waals surface area contributed by atoms with Crippen LogP contribution in [0.15, 0.2) is 40.0 Å². The fourth-order valence-corrected chi connectivity index (χ4v) is 2.28. The number of hydrogen-bond acceptors (Lipinski definition) is 4. The van der Waals surface area contributed by atoms with Crippen LogP contribution < -0.4 is 0 Å². The number of furan rings is 1. The Kier molecular flexibility index (Phi) is 2.59. The van der Waals surface area contributed by atoms with E-state index in [0.29, 0.717) is 21.5 Å². The van der Waals surface area contributed by atoms with Crippen LogP contribution in [0, 0.1) is 0 Å². The summed E-state index contributed by atoms with van der Waals surface area (Å²) in [6.45, 7) is 0. The third-order valence-corrected chi connectivity index (χ3v) is 3.47. The molecule has 0 radical (unpaired) electrons. The summed E-state index contributed by atoms with van der Waals surface area (Å²) in [7, 11) is 1.10. The van der Waals surface area contributed by atoms with Crippen molar-refractivity contribution in [1.82, 2.24) is 5.01 Å². The zero-order valence-electron chi connectivity index (χ0n) is 10.5. The Morgan fingerprint density at radius 1 is 1.35 bits per heavy atom. The molecule has 0 amide bonds. The lowest BCUT2D eigenvalue weighted by atomic mass is 10.0. The van der Waals surface area contributed by atoms with E-state index in [-0.39, 0.29) is 5.71 Å². The highest BCUT2D eigenvalue weighted by Crippen LogP contribution is 2.41. The zero-order valence-corrected chi connectivity index (χ0v) is 10.5. The Labute approximate surface area is 112 Å². The maximum atomic E-state index is 12.9. The van der Waals surface area contributed by atoms with Gasteiger partial charge in [-0.15, -0.1) is 0 Å². The molecule has 1 aromatic heterocycles. The van der Waals surface area contributed by atoms with Gasteiger partial charge in [-0.2, -0.15) is 18.3 Å². The molecule has 0 saturated carbocycles. The predicted octanol–water partition coefficient (Wildman–Crippen LogP) is 2.72. The van der Waals surface area contributed by atoms with Gasteiger partial charge >= 0.3 is 6.18 Å². The van der Waals surface area contributed by atoms with Crippen LogP contribution in [-0.2, 0) is 0 Å². The standard InChI is InChI=1S/C13H11F3N2O2/c1-18-12(19,13(14,15)16)6-10(17-18)9-7-20-11-5-3-2-4-8(9)11/h2-5,7,19H,6H2,1H3/t12-/m0/s1. The van der Waals surface area contributed by atoms with E-state index in [0.717, 1.165) is 7.05 Å². The van der Waals surface area contributed by atoms with E-state index in [1.165, 1.54) is 6.26 Å². The Hall–Kier alpha value is -2.02. The summed E-state index contributed by atoms with van der Waals surface area (Å²) in [5, 5.41) is 14.8. The van der Waals surface area contributed by atoms with Crippen molar-refractivity contribution < 1.29 is 22.7 Å². The van der Waals surface area contributed by atoms with E-state index >= 15 is 0 Å². The van der Waals surface area contributed by atoms with Crippen molar-refractivity contribution in [2.45, 2.75) is 18.3 Å². The average Bonchev–Trinajstić information content (AvgIpc) is 2.91. The summed E-state index contributed by atoms with van der Waals surface area (Å²) in [6.07, 6.45) is -4.05. The minimum atomic E-state index is -4.79. The highest BCUT2D eigenvalue weighted by Gasteiger charge is 2.60. The highest BCUT2D eigenvalue weighted by atomic mass is 19.4. The van der Waals surface area contributed by atoms with Crippen LogP contribution in [0.2, 0.25) is 0 Å². The second-order valence-corrected chi connectivity index (χ2v) is 4.71. The number of hydrazone groups is 1. The first-order valence-electron chi connectivity index (χ1n) is 5.90. The molecule has 0 spiro atoms. The van der Waals surface area contributed by atoms with Crippen molar-refractivity contribution in [3.8, 4) is 0 Å². The number of fused-ring (bicyclic) bond motifs is 1. The number of halogens is 3. The third-order valence-electron chi connectivity index (χ3n) is 3.47.